The van der Waals surface area contributed by atoms with Crippen LogP contribution >= 0.6 is 0 Å². The number of phenols is 2. The number of rotatable bonds is 10. The van der Waals surface area contributed by atoms with Crippen LogP contribution in [-0.2, 0) is 33.1 Å². The molecular formula is C36H30CaN6O12S2+2. The van der Waals surface area contributed by atoms with Gasteiger partial charge < -0.3 is 19.3 Å². The van der Waals surface area contributed by atoms with Crippen molar-refractivity contribution >= 4 is 114 Å². The maximum atomic E-state index is 11.6. The Balaban J connectivity index is 0.000000248. The Morgan fingerprint density at radius 3 is 1.25 bits per heavy atom. The molecule has 0 aliphatic carbocycles. The van der Waals surface area contributed by atoms with E-state index in [1.165, 1.54) is 60.7 Å². The van der Waals surface area contributed by atoms with Gasteiger partial charge in [-0.3, -0.25) is 0 Å². The number of aromatic hydroxyl groups is 2. The SMILES string of the molecule is CCc1ccc(N=Nc2c(O)ccc3cccc(S(=O)(=O)[O-])c23)c([N+](=O)O)c1.CCc1ccc(N=Nc2c(O)ccc3cccc(S(=O)(=O)[O-])c23)c([N+](=O)O)c1.[Ca+2]. The van der Waals surface area contributed by atoms with Crippen LogP contribution in [0, 0.1) is 9.81 Å². The molecule has 6 aromatic carbocycles. The van der Waals surface area contributed by atoms with Gasteiger partial charge in [0.05, 0.1) is 19.6 Å². The number of hydrogen-bond acceptors (Lipinski definition) is 14. The molecule has 57 heavy (non-hydrogen) atoms. The molecule has 0 unspecified atom stereocenters. The van der Waals surface area contributed by atoms with E-state index in [4.69, 9.17) is 0 Å². The molecule has 0 saturated heterocycles. The first-order valence-corrected chi connectivity index (χ1v) is 19.1. The van der Waals surface area contributed by atoms with Gasteiger partial charge in [-0.05, 0) is 71.1 Å². The third kappa shape index (κ3) is 10.1. The van der Waals surface area contributed by atoms with Crippen molar-refractivity contribution in [3.05, 3.63) is 118 Å². The molecule has 6 rings (SSSR count). The van der Waals surface area contributed by atoms with Crippen molar-refractivity contribution < 1.29 is 56.4 Å². The molecule has 0 aromatic heterocycles. The molecule has 0 bridgehead atoms. The number of nitrogens with zero attached hydrogens (tertiary/aromatic N) is 6. The van der Waals surface area contributed by atoms with Crippen molar-refractivity contribution in [1.29, 1.82) is 0 Å². The van der Waals surface area contributed by atoms with Crippen molar-refractivity contribution in [2.45, 2.75) is 36.5 Å². The molecule has 288 valence electrons. The molecule has 0 fully saturated rings. The van der Waals surface area contributed by atoms with Crippen LogP contribution in [-0.4, -0.2) is 94.2 Å². The van der Waals surface area contributed by atoms with Crippen LogP contribution < -0.4 is 0 Å². The minimum atomic E-state index is -4.84. The van der Waals surface area contributed by atoms with Gasteiger partial charge in [0, 0.05) is 22.9 Å². The standard InChI is InChI=1S/2C18H15N3O6S.Ca/c2*1-2-11-6-8-13(14(10-11)21(23)24)19-20-18-15(22)9-7-12-4-3-5-16(17(12)18)28(25,26)27;/h2*3-10H,2H2,1H3,(H2-,19,22,23,24,25,26,27);/q;;+2. The number of hydrogen-bond donors (Lipinski definition) is 4. The number of benzene rings is 6. The van der Waals surface area contributed by atoms with Crippen molar-refractivity contribution in [3.8, 4) is 11.5 Å². The zero-order valence-corrected chi connectivity index (χ0v) is 33.8. The maximum absolute atomic E-state index is 11.6. The first-order chi connectivity index (χ1) is 26.4. The molecule has 0 aliphatic heterocycles. The molecule has 21 heteroatoms. The van der Waals surface area contributed by atoms with Crippen LogP contribution in [0.1, 0.15) is 25.0 Å². The first-order valence-electron chi connectivity index (χ1n) is 16.3. The first kappa shape index (κ1) is 44.2. The molecule has 18 nitrogen and oxygen atoms in total. The molecule has 4 N–H and O–H groups in total. The summed E-state index contributed by atoms with van der Waals surface area (Å²) in [5, 5.41) is 55.0. The smallest absolute Gasteiger partial charge is 0.744 e. The van der Waals surface area contributed by atoms with E-state index in [1.807, 2.05) is 13.8 Å². The number of azo groups is 2. The van der Waals surface area contributed by atoms with Crippen LogP contribution in [0.2, 0.25) is 0 Å². The Kier molecular flexibility index (Phi) is 14.1. The monoisotopic (exact) mass is 842 g/mol. The normalized spacial score (nSPS) is 11.7. The third-order valence-electron chi connectivity index (χ3n) is 8.28. The summed E-state index contributed by atoms with van der Waals surface area (Å²) in [6, 6.07) is 22.7. The fourth-order valence-electron chi connectivity index (χ4n) is 5.51. The molecular weight excluding hydrogens is 813 g/mol. The Morgan fingerprint density at radius 2 is 0.930 bits per heavy atom. The van der Waals surface area contributed by atoms with E-state index in [0.717, 1.165) is 23.3 Å². The summed E-state index contributed by atoms with van der Waals surface area (Å²) in [6.45, 7) is 3.73. The van der Waals surface area contributed by atoms with Crippen LogP contribution in [0.15, 0.2) is 127 Å². The quantitative estimate of drug-likeness (QED) is 0.0441. The summed E-state index contributed by atoms with van der Waals surface area (Å²) in [6.07, 6.45) is 1.24. The van der Waals surface area contributed by atoms with Gasteiger partial charge in [-0.1, -0.05) is 62.4 Å². The van der Waals surface area contributed by atoms with Crippen molar-refractivity contribution in [2.75, 3.05) is 0 Å². The molecule has 0 spiro atoms. The molecule has 0 radical (unpaired) electrons. The Labute approximate surface area is 354 Å². The van der Waals surface area contributed by atoms with E-state index >= 15 is 0 Å². The Bertz CT molecular complexity index is 2640. The van der Waals surface area contributed by atoms with Crippen molar-refractivity contribution in [1.82, 2.24) is 0 Å². The fraction of sp³-hybridized carbons (Fsp3) is 0.111. The molecule has 6 aromatic rings. The van der Waals surface area contributed by atoms with Gasteiger partial charge in [0.2, 0.25) is 0 Å². The van der Waals surface area contributed by atoms with E-state index in [9.17, 15) is 56.4 Å². The zero-order chi connectivity index (χ0) is 40.9. The second kappa shape index (κ2) is 18.2. The minimum absolute atomic E-state index is 0. The van der Waals surface area contributed by atoms with E-state index in [-0.39, 0.29) is 92.5 Å². The minimum Gasteiger partial charge on any atom is -0.744 e. The van der Waals surface area contributed by atoms with Gasteiger partial charge in [0.15, 0.2) is 11.4 Å². The zero-order valence-electron chi connectivity index (χ0n) is 29.9. The van der Waals surface area contributed by atoms with Crippen LogP contribution in [0.5, 0.6) is 11.5 Å². The maximum Gasteiger partial charge on any atom is 2.00 e. The van der Waals surface area contributed by atoms with E-state index < -0.39 is 41.5 Å². The summed E-state index contributed by atoms with van der Waals surface area (Å²) >= 11 is 0. The summed E-state index contributed by atoms with van der Waals surface area (Å²) in [5.74, 6) is -0.802. The Morgan fingerprint density at radius 1 is 0.561 bits per heavy atom. The third-order valence-corrected chi connectivity index (χ3v) is 10.0. The fourth-order valence-corrected chi connectivity index (χ4v) is 6.93. The van der Waals surface area contributed by atoms with Crippen LogP contribution in [0.25, 0.3) is 21.5 Å². The number of aryl methyl sites for hydroxylation is 2. The van der Waals surface area contributed by atoms with Gasteiger partial charge in [0.1, 0.15) is 43.1 Å². The second-order valence-electron chi connectivity index (χ2n) is 11.8. The second-order valence-corrected chi connectivity index (χ2v) is 14.5. The predicted molar refractivity (Wildman–Crippen MR) is 203 cm³/mol. The van der Waals surface area contributed by atoms with E-state index in [1.54, 1.807) is 24.3 Å². The Hall–Kier alpha value is -5.48. The van der Waals surface area contributed by atoms with Gasteiger partial charge in [-0.2, -0.15) is 0 Å². The average Bonchev–Trinajstić information content (AvgIpc) is 3.16. The van der Waals surface area contributed by atoms with Crippen molar-refractivity contribution in [2.24, 2.45) is 20.5 Å². The van der Waals surface area contributed by atoms with Gasteiger partial charge in [-0.25, -0.2) is 27.3 Å². The number of phenolic OH excluding ortho intramolecular Hbond substituents is 2. The molecule has 0 saturated carbocycles. The molecule has 0 amide bonds. The summed E-state index contributed by atoms with van der Waals surface area (Å²) in [4.78, 5) is 21.0. The summed E-state index contributed by atoms with van der Waals surface area (Å²) in [7, 11) is -9.69. The van der Waals surface area contributed by atoms with Crippen LogP contribution in [0.4, 0.5) is 34.1 Å². The van der Waals surface area contributed by atoms with Gasteiger partial charge >= 0.3 is 49.1 Å². The molecule has 0 aliphatic rings. The number of fused-ring (bicyclic) bond motifs is 2. The largest absolute Gasteiger partial charge is 2.00 e. The van der Waals surface area contributed by atoms with Gasteiger partial charge in [-0.15, -0.1) is 20.5 Å². The van der Waals surface area contributed by atoms with E-state index in [0.29, 0.717) is 23.6 Å². The molecule has 0 heterocycles. The van der Waals surface area contributed by atoms with E-state index in [2.05, 4.69) is 20.5 Å². The van der Waals surface area contributed by atoms with Gasteiger partial charge in [0.25, 0.3) is 9.85 Å². The molecule has 0 atom stereocenters. The topological polar surface area (TPSA) is 285 Å². The summed E-state index contributed by atoms with van der Waals surface area (Å²) < 4.78 is 69.6. The summed E-state index contributed by atoms with van der Waals surface area (Å²) in [5.41, 5.74) is 0.719. The average molecular weight is 843 g/mol. The van der Waals surface area contributed by atoms with Crippen LogP contribution in [0.3, 0.4) is 0 Å². The predicted octanol–water partition coefficient (Wildman–Crippen LogP) is 8.07. The van der Waals surface area contributed by atoms with Crippen molar-refractivity contribution in [3.63, 3.8) is 0 Å².